The van der Waals surface area contributed by atoms with Crippen molar-refractivity contribution >= 4 is 17.9 Å². The maximum absolute atomic E-state index is 12.8. The van der Waals surface area contributed by atoms with Gasteiger partial charge in [-0.1, -0.05) is 52.0 Å². The number of hydrogen-bond donors (Lipinski definition) is 1. The van der Waals surface area contributed by atoms with Crippen molar-refractivity contribution in [2.45, 2.75) is 105 Å². The maximum atomic E-state index is 12.8. The minimum atomic E-state index is -1.10. The molecule has 0 amide bonds. The third-order valence-corrected chi connectivity index (χ3v) is 9.37. The summed E-state index contributed by atoms with van der Waals surface area (Å²) in [6.45, 7) is 16.5. The molecule has 8 heteroatoms. The Morgan fingerprint density at radius 1 is 1.11 bits per heavy atom. The van der Waals surface area contributed by atoms with E-state index in [1.165, 1.54) is 13.8 Å². The predicted molar refractivity (Wildman–Crippen MR) is 137 cm³/mol. The van der Waals surface area contributed by atoms with Crippen LogP contribution in [0.5, 0.6) is 0 Å². The van der Waals surface area contributed by atoms with Crippen LogP contribution in [-0.2, 0) is 33.3 Å². The van der Waals surface area contributed by atoms with Crippen molar-refractivity contribution < 1.29 is 38.4 Å². The van der Waals surface area contributed by atoms with Crippen molar-refractivity contribution in [1.29, 1.82) is 0 Å². The summed E-state index contributed by atoms with van der Waals surface area (Å²) in [6, 6.07) is 0. The van der Waals surface area contributed by atoms with E-state index in [0.717, 1.165) is 5.57 Å². The number of rotatable bonds is 8. The summed E-state index contributed by atoms with van der Waals surface area (Å²) in [5.74, 6) is -2.28. The Morgan fingerprint density at radius 3 is 2.32 bits per heavy atom. The molecule has 2 aliphatic carbocycles. The summed E-state index contributed by atoms with van der Waals surface area (Å²) in [5, 5.41) is 11.8. The van der Waals surface area contributed by atoms with E-state index >= 15 is 0 Å². The molecule has 3 aliphatic rings. The fraction of sp³-hybridized carbons (Fsp3) is 0.759. The summed E-state index contributed by atoms with van der Waals surface area (Å²) in [7, 11) is 0. The third kappa shape index (κ3) is 5.37. The number of allylic oxidation sites excluding steroid dienone is 3. The van der Waals surface area contributed by atoms with Crippen LogP contribution in [0.25, 0.3) is 0 Å². The second-order valence-corrected chi connectivity index (χ2v) is 11.6. The van der Waals surface area contributed by atoms with Crippen LogP contribution in [0, 0.1) is 34.5 Å². The van der Waals surface area contributed by atoms with Crippen LogP contribution in [0.3, 0.4) is 0 Å². The predicted octanol–water partition coefficient (Wildman–Crippen LogP) is 4.69. The summed E-state index contributed by atoms with van der Waals surface area (Å²) in [4.78, 5) is 37.1. The van der Waals surface area contributed by atoms with Crippen LogP contribution in [0.4, 0.5) is 0 Å². The van der Waals surface area contributed by atoms with Crippen molar-refractivity contribution in [3.8, 4) is 0 Å². The Labute approximate surface area is 220 Å². The number of ether oxygens (including phenoxy) is 4. The Bertz CT molecular complexity index is 927. The van der Waals surface area contributed by atoms with Crippen LogP contribution >= 0.6 is 0 Å². The van der Waals surface area contributed by atoms with E-state index < -0.39 is 48.1 Å². The zero-order chi connectivity index (χ0) is 27.7. The standard InChI is InChI=1S/C29H44O8/c1-9-16(3)11-12-28(8)18(5)13-24(32)29-22(26(34-19(6)30)37-27(29)35-20(7)31)14-21(15-23(28)29)36-25(33)17(4)10-2/h9,11,17-18,21-24,26-27,32H,1,10,12-15H2,2-8H3/b16-11+/t17?,18-,21-,22+,23+,24+,26?,27?,28-,29-/m0/s1. The monoisotopic (exact) mass is 520 g/mol. The highest BCUT2D eigenvalue weighted by Crippen LogP contribution is 2.68. The van der Waals surface area contributed by atoms with Crippen LogP contribution in [0.15, 0.2) is 24.3 Å². The van der Waals surface area contributed by atoms with E-state index in [1.54, 1.807) is 6.08 Å². The van der Waals surface area contributed by atoms with Gasteiger partial charge in [0.2, 0.25) is 12.6 Å². The lowest BCUT2D eigenvalue weighted by molar-refractivity contribution is -0.264. The molecular weight excluding hydrogens is 476 g/mol. The summed E-state index contributed by atoms with van der Waals surface area (Å²) < 4.78 is 23.5. The Hall–Kier alpha value is -2.19. The Morgan fingerprint density at radius 2 is 1.76 bits per heavy atom. The molecule has 3 unspecified atom stereocenters. The summed E-state index contributed by atoms with van der Waals surface area (Å²) in [6.07, 6.45) is 3.12. The zero-order valence-electron chi connectivity index (χ0n) is 23.3. The maximum Gasteiger partial charge on any atom is 0.308 e. The minimum absolute atomic E-state index is 0.0995. The van der Waals surface area contributed by atoms with Crippen LogP contribution in [0.1, 0.15) is 80.6 Å². The van der Waals surface area contributed by atoms with E-state index in [-0.39, 0.29) is 29.1 Å². The van der Waals surface area contributed by atoms with Crippen molar-refractivity contribution in [2.24, 2.45) is 34.5 Å². The molecule has 2 saturated carbocycles. The molecule has 0 aromatic heterocycles. The molecule has 0 aromatic carbocycles. The first-order chi connectivity index (χ1) is 17.3. The Balaban J connectivity index is 2.16. The highest BCUT2D eigenvalue weighted by atomic mass is 16.8. The molecule has 3 rings (SSSR count). The lowest BCUT2D eigenvalue weighted by Gasteiger charge is -2.62. The van der Waals surface area contributed by atoms with Crippen molar-refractivity contribution in [2.75, 3.05) is 0 Å². The average Bonchev–Trinajstić information content (AvgIpc) is 3.12. The van der Waals surface area contributed by atoms with Gasteiger partial charge in [0.15, 0.2) is 0 Å². The summed E-state index contributed by atoms with van der Waals surface area (Å²) in [5.41, 5.74) is -0.351. The van der Waals surface area contributed by atoms with E-state index in [0.29, 0.717) is 32.1 Å². The van der Waals surface area contributed by atoms with Crippen molar-refractivity contribution in [1.82, 2.24) is 0 Å². The Kier molecular flexibility index (Phi) is 8.95. The highest BCUT2D eigenvalue weighted by Gasteiger charge is 2.73. The highest BCUT2D eigenvalue weighted by molar-refractivity contribution is 5.72. The SMILES string of the molecule is C=C/C(C)=C/C[C@]1(C)[C@H]2C[C@@H](OC(=O)C(C)CC)C[C@@H]3C(OC(C)=O)OC(OC(C)=O)[C@@]32[C@H](O)C[C@@H]1C. The number of aliphatic hydroxyl groups excluding tert-OH is 1. The van der Waals surface area contributed by atoms with Gasteiger partial charge in [0, 0.05) is 19.8 Å². The minimum Gasteiger partial charge on any atom is -0.462 e. The topological polar surface area (TPSA) is 108 Å². The molecule has 0 bridgehead atoms. The van der Waals surface area contributed by atoms with Crippen LogP contribution in [-0.4, -0.2) is 47.8 Å². The van der Waals surface area contributed by atoms with Crippen LogP contribution < -0.4 is 0 Å². The molecule has 37 heavy (non-hydrogen) atoms. The smallest absolute Gasteiger partial charge is 0.308 e. The number of aliphatic hydroxyl groups is 1. The van der Waals surface area contributed by atoms with Gasteiger partial charge in [-0.25, -0.2) is 0 Å². The van der Waals surface area contributed by atoms with Gasteiger partial charge in [-0.2, -0.15) is 0 Å². The van der Waals surface area contributed by atoms with Gasteiger partial charge in [-0.15, -0.1) is 0 Å². The molecule has 0 aromatic rings. The lowest BCUT2D eigenvalue weighted by Crippen LogP contribution is -2.66. The molecule has 0 radical (unpaired) electrons. The van der Waals surface area contributed by atoms with E-state index in [1.807, 2.05) is 20.8 Å². The van der Waals surface area contributed by atoms with Gasteiger partial charge in [0.25, 0.3) is 0 Å². The second-order valence-electron chi connectivity index (χ2n) is 11.6. The molecule has 1 heterocycles. The third-order valence-electron chi connectivity index (χ3n) is 9.37. The lowest BCUT2D eigenvalue weighted by atomic mass is 9.43. The number of carbonyl (C=O) groups is 3. The van der Waals surface area contributed by atoms with Crippen molar-refractivity contribution in [3.63, 3.8) is 0 Å². The van der Waals surface area contributed by atoms with Crippen molar-refractivity contribution in [3.05, 3.63) is 24.3 Å². The molecule has 1 N–H and O–H groups in total. The normalized spacial score (nSPS) is 40.1. The van der Waals surface area contributed by atoms with E-state index in [2.05, 4.69) is 26.5 Å². The number of hydrogen-bond acceptors (Lipinski definition) is 8. The van der Waals surface area contributed by atoms with Crippen LogP contribution in [0.2, 0.25) is 0 Å². The van der Waals surface area contributed by atoms with Gasteiger partial charge in [-0.3, -0.25) is 14.4 Å². The molecule has 208 valence electrons. The molecule has 1 aliphatic heterocycles. The summed E-state index contributed by atoms with van der Waals surface area (Å²) >= 11 is 0. The molecule has 3 fully saturated rings. The quantitative estimate of drug-likeness (QED) is 0.279. The largest absolute Gasteiger partial charge is 0.462 e. The molecular formula is C29H44O8. The molecule has 1 spiro atoms. The van der Waals surface area contributed by atoms with Gasteiger partial charge < -0.3 is 24.1 Å². The molecule has 10 atom stereocenters. The van der Waals surface area contributed by atoms with Gasteiger partial charge in [0.05, 0.1) is 17.4 Å². The second kappa shape index (κ2) is 11.3. The molecule has 1 saturated heterocycles. The van der Waals surface area contributed by atoms with Gasteiger partial charge >= 0.3 is 17.9 Å². The average molecular weight is 521 g/mol. The fourth-order valence-electron chi connectivity index (χ4n) is 6.86. The van der Waals surface area contributed by atoms with E-state index in [4.69, 9.17) is 18.9 Å². The van der Waals surface area contributed by atoms with E-state index in [9.17, 15) is 19.5 Å². The molecule has 8 nitrogen and oxygen atoms in total. The number of esters is 3. The first-order valence-corrected chi connectivity index (χ1v) is 13.5. The zero-order valence-corrected chi connectivity index (χ0v) is 23.3. The first-order valence-electron chi connectivity index (χ1n) is 13.5. The number of carbonyl (C=O) groups excluding carboxylic acids is 3. The fourth-order valence-corrected chi connectivity index (χ4v) is 6.86. The van der Waals surface area contributed by atoms with Gasteiger partial charge in [-0.05, 0) is 56.3 Å². The van der Waals surface area contributed by atoms with Gasteiger partial charge in [0.1, 0.15) is 6.10 Å². The first kappa shape index (κ1) is 29.4.